The van der Waals surface area contributed by atoms with E-state index in [1.807, 2.05) is 0 Å². The Kier molecular flexibility index (Phi) is 4.03. The molecule has 0 fully saturated rings. The van der Waals surface area contributed by atoms with E-state index >= 15 is 0 Å². The van der Waals surface area contributed by atoms with E-state index in [0.29, 0.717) is 15.4 Å². The Bertz CT molecular complexity index is 974. The summed E-state index contributed by atoms with van der Waals surface area (Å²) in [7, 11) is -3.93. The molecule has 0 spiro atoms. The number of H-pyrrole nitrogens is 1. The number of aromatic nitrogens is 2. The van der Waals surface area contributed by atoms with Crippen LogP contribution in [0.3, 0.4) is 0 Å². The van der Waals surface area contributed by atoms with Gasteiger partial charge in [0, 0.05) is 27.8 Å². The van der Waals surface area contributed by atoms with Crippen molar-refractivity contribution in [3.8, 4) is 0 Å². The average Bonchev–Trinajstić information content (AvgIpc) is 3.15. The number of ether oxygens (including phenoxy) is 1. The van der Waals surface area contributed by atoms with Crippen LogP contribution in [0.4, 0.5) is 0 Å². The Labute approximate surface area is 141 Å². The number of rotatable bonds is 4. The van der Waals surface area contributed by atoms with E-state index in [1.165, 1.54) is 12.4 Å². The summed E-state index contributed by atoms with van der Waals surface area (Å²) >= 11 is 3.33. The molecule has 2 heterocycles. The monoisotopic (exact) mass is 396 g/mol. The van der Waals surface area contributed by atoms with Gasteiger partial charge in [0.15, 0.2) is 0 Å². The first-order valence-corrected chi connectivity index (χ1v) is 9.05. The molecule has 0 saturated heterocycles. The highest BCUT2D eigenvalue weighted by Crippen LogP contribution is 2.31. The molecule has 0 unspecified atom stereocenters. The molecule has 120 valence electrons. The molecule has 0 amide bonds. The third-order valence-corrected chi connectivity index (χ3v) is 5.54. The topological polar surface area (TPSA) is 81.2 Å². The summed E-state index contributed by atoms with van der Waals surface area (Å²) in [5, 5.41) is 0.427. The van der Waals surface area contributed by atoms with Crippen molar-refractivity contribution >= 4 is 42.8 Å². The summed E-state index contributed by atoms with van der Waals surface area (Å²) in [6, 6.07) is 8.33. The van der Waals surface area contributed by atoms with Crippen molar-refractivity contribution in [2.75, 3.05) is 6.61 Å². The fourth-order valence-electron chi connectivity index (χ4n) is 2.34. The summed E-state index contributed by atoms with van der Waals surface area (Å²) in [5.41, 5.74) is 0.468. The molecule has 3 rings (SSSR count). The molecule has 0 aliphatic heterocycles. The Hall–Kier alpha value is -2.06. The number of carbonyl (C=O) groups is 1. The van der Waals surface area contributed by atoms with E-state index in [1.54, 1.807) is 37.3 Å². The number of aromatic amines is 1. The largest absolute Gasteiger partial charge is 0.461 e. The number of nitrogens with zero attached hydrogens (tertiary/aromatic N) is 1. The first-order valence-electron chi connectivity index (χ1n) is 6.82. The van der Waals surface area contributed by atoms with Crippen LogP contribution < -0.4 is 0 Å². The zero-order valence-electron chi connectivity index (χ0n) is 12.1. The number of fused-ring (bicyclic) bond motifs is 1. The molecular formula is C15H13BrN2O4S. The van der Waals surface area contributed by atoms with E-state index in [9.17, 15) is 13.2 Å². The van der Waals surface area contributed by atoms with Gasteiger partial charge < -0.3 is 9.72 Å². The number of halogens is 1. The minimum atomic E-state index is -3.93. The fraction of sp³-hybridized carbons (Fsp3) is 0.133. The molecule has 0 aliphatic rings. The minimum Gasteiger partial charge on any atom is -0.461 e. The first kappa shape index (κ1) is 15.8. The number of benzene rings is 1. The summed E-state index contributed by atoms with van der Waals surface area (Å²) in [4.78, 5) is 15.0. The van der Waals surface area contributed by atoms with Gasteiger partial charge in [0.25, 0.3) is 10.0 Å². The van der Waals surface area contributed by atoms with E-state index in [0.717, 1.165) is 3.97 Å². The molecular weight excluding hydrogens is 384 g/mol. The summed E-state index contributed by atoms with van der Waals surface area (Å²) in [6.45, 7) is 1.82. The number of nitrogens with one attached hydrogen (secondary N) is 1. The van der Waals surface area contributed by atoms with Gasteiger partial charge in [0.1, 0.15) is 10.6 Å². The van der Waals surface area contributed by atoms with Crippen LogP contribution in [0.25, 0.3) is 10.9 Å². The Morgan fingerprint density at radius 1 is 1.30 bits per heavy atom. The molecule has 0 aliphatic carbocycles. The van der Waals surface area contributed by atoms with Gasteiger partial charge in [0.2, 0.25) is 0 Å². The van der Waals surface area contributed by atoms with Gasteiger partial charge in [-0.3, -0.25) is 0 Å². The zero-order valence-corrected chi connectivity index (χ0v) is 14.5. The van der Waals surface area contributed by atoms with Crippen LogP contribution in [0, 0.1) is 0 Å². The molecule has 1 aromatic carbocycles. The molecule has 0 saturated carbocycles. The maximum absolute atomic E-state index is 12.9. The van der Waals surface area contributed by atoms with Crippen LogP contribution in [-0.4, -0.2) is 30.0 Å². The van der Waals surface area contributed by atoms with Crippen LogP contribution >= 0.6 is 15.9 Å². The Morgan fingerprint density at radius 3 is 2.65 bits per heavy atom. The molecule has 3 aromatic rings. The van der Waals surface area contributed by atoms with Crippen LogP contribution in [-0.2, 0) is 14.8 Å². The predicted molar refractivity (Wildman–Crippen MR) is 89.0 cm³/mol. The van der Waals surface area contributed by atoms with Crippen molar-refractivity contribution in [2.45, 2.75) is 11.8 Å². The molecule has 8 heteroatoms. The van der Waals surface area contributed by atoms with E-state index in [-0.39, 0.29) is 17.2 Å². The van der Waals surface area contributed by atoms with Crippen molar-refractivity contribution in [1.82, 2.24) is 8.96 Å². The molecule has 2 aromatic heterocycles. The maximum atomic E-state index is 12.9. The lowest BCUT2D eigenvalue weighted by atomic mass is 10.2. The second-order valence-electron chi connectivity index (χ2n) is 4.76. The lowest BCUT2D eigenvalue weighted by molar-refractivity contribution is 0.0516. The maximum Gasteiger partial charge on any atom is 0.356 e. The molecule has 0 radical (unpaired) electrons. The number of carbonyl (C=O) groups excluding carboxylic acids is 1. The van der Waals surface area contributed by atoms with Crippen molar-refractivity contribution < 1.29 is 17.9 Å². The lowest BCUT2D eigenvalue weighted by Gasteiger charge is -2.07. The summed E-state index contributed by atoms with van der Waals surface area (Å²) < 4.78 is 32.6. The standard InChI is InChI=1S/C15H13BrN2O4S/c1-2-22-15(19)13-14(23(20,21)18-7-3-4-8-18)11-9-10(16)5-6-12(11)17-13/h3-9,17H,2H2,1H3. The highest BCUT2D eigenvalue weighted by Gasteiger charge is 2.29. The van der Waals surface area contributed by atoms with Gasteiger partial charge in [0.05, 0.1) is 6.61 Å². The van der Waals surface area contributed by atoms with Crippen LogP contribution in [0.5, 0.6) is 0 Å². The Morgan fingerprint density at radius 2 is 2.00 bits per heavy atom. The third-order valence-electron chi connectivity index (χ3n) is 3.31. The van der Waals surface area contributed by atoms with E-state index < -0.39 is 16.0 Å². The number of esters is 1. The predicted octanol–water partition coefficient (Wildman–Crippen LogP) is 3.15. The quantitative estimate of drug-likeness (QED) is 0.686. The third kappa shape index (κ3) is 2.68. The summed E-state index contributed by atoms with van der Waals surface area (Å²) in [6.07, 6.45) is 2.84. The molecule has 0 atom stereocenters. The van der Waals surface area contributed by atoms with Crippen molar-refractivity contribution in [2.24, 2.45) is 0 Å². The van der Waals surface area contributed by atoms with Gasteiger partial charge >= 0.3 is 5.97 Å². The first-order chi connectivity index (χ1) is 10.9. The molecule has 0 bridgehead atoms. The second kappa shape index (κ2) is 5.86. The van der Waals surface area contributed by atoms with E-state index in [4.69, 9.17) is 4.74 Å². The summed E-state index contributed by atoms with van der Waals surface area (Å²) in [5.74, 6) is -0.703. The highest BCUT2D eigenvalue weighted by atomic mass is 79.9. The van der Waals surface area contributed by atoms with Crippen molar-refractivity contribution in [3.05, 3.63) is 52.9 Å². The second-order valence-corrected chi connectivity index (χ2v) is 7.45. The molecule has 6 nitrogen and oxygen atoms in total. The van der Waals surface area contributed by atoms with Crippen LogP contribution in [0.1, 0.15) is 17.4 Å². The number of hydrogen-bond donors (Lipinski definition) is 1. The van der Waals surface area contributed by atoms with Crippen molar-refractivity contribution in [1.29, 1.82) is 0 Å². The van der Waals surface area contributed by atoms with Gasteiger partial charge in [-0.1, -0.05) is 15.9 Å². The smallest absolute Gasteiger partial charge is 0.356 e. The highest BCUT2D eigenvalue weighted by molar-refractivity contribution is 9.10. The minimum absolute atomic E-state index is 0.0753. The lowest BCUT2D eigenvalue weighted by Crippen LogP contribution is -2.16. The zero-order chi connectivity index (χ0) is 16.6. The Balaban J connectivity index is 2.34. The molecule has 1 N–H and O–H groups in total. The average molecular weight is 397 g/mol. The van der Waals surface area contributed by atoms with Gasteiger partial charge in [-0.15, -0.1) is 0 Å². The fourth-order valence-corrected chi connectivity index (χ4v) is 4.21. The van der Waals surface area contributed by atoms with Crippen molar-refractivity contribution in [3.63, 3.8) is 0 Å². The van der Waals surface area contributed by atoms with Gasteiger partial charge in [-0.25, -0.2) is 17.2 Å². The number of hydrogen-bond acceptors (Lipinski definition) is 4. The van der Waals surface area contributed by atoms with E-state index in [2.05, 4.69) is 20.9 Å². The van der Waals surface area contributed by atoms with Crippen LogP contribution in [0.2, 0.25) is 0 Å². The van der Waals surface area contributed by atoms with Gasteiger partial charge in [-0.2, -0.15) is 0 Å². The SMILES string of the molecule is CCOC(=O)c1[nH]c2ccc(Br)cc2c1S(=O)(=O)n1cccc1. The normalized spacial score (nSPS) is 11.7. The molecule has 23 heavy (non-hydrogen) atoms. The van der Waals surface area contributed by atoms with Crippen LogP contribution in [0.15, 0.2) is 52.1 Å². The van der Waals surface area contributed by atoms with Gasteiger partial charge in [-0.05, 0) is 37.3 Å².